The highest BCUT2D eigenvalue weighted by Crippen LogP contribution is 2.40. The summed E-state index contributed by atoms with van der Waals surface area (Å²) in [6, 6.07) is 10.1. The Morgan fingerprint density at radius 3 is 2.56 bits per heavy atom. The van der Waals surface area contributed by atoms with Crippen LogP contribution in [0.4, 0.5) is 0 Å². The van der Waals surface area contributed by atoms with Gasteiger partial charge in [-0.3, -0.25) is 14.5 Å². The Bertz CT molecular complexity index is 1820. The average molecular weight is 526 g/mol. The van der Waals surface area contributed by atoms with Crippen LogP contribution in [0, 0.1) is 27.7 Å². The summed E-state index contributed by atoms with van der Waals surface area (Å²) in [4.78, 5) is 14.3. The molecule has 0 fully saturated rings. The van der Waals surface area contributed by atoms with E-state index in [2.05, 4.69) is 22.3 Å². The Morgan fingerprint density at radius 1 is 1.03 bits per heavy atom. The van der Waals surface area contributed by atoms with Crippen molar-refractivity contribution in [2.75, 3.05) is 7.11 Å². The van der Waals surface area contributed by atoms with E-state index in [1.807, 2.05) is 55.7 Å². The molecule has 0 unspecified atom stereocenters. The van der Waals surface area contributed by atoms with Gasteiger partial charge >= 0.3 is 0 Å². The molecule has 0 N–H and O–H groups in total. The number of nitrogens with zero attached hydrogens (tertiary/aromatic N) is 7. The van der Waals surface area contributed by atoms with E-state index in [1.54, 1.807) is 20.2 Å². The van der Waals surface area contributed by atoms with Gasteiger partial charge in [0.1, 0.15) is 17.0 Å². The van der Waals surface area contributed by atoms with Crippen molar-refractivity contribution >= 4 is 21.9 Å². The van der Waals surface area contributed by atoms with Crippen LogP contribution in [0.1, 0.15) is 47.6 Å². The van der Waals surface area contributed by atoms with Gasteiger partial charge in [-0.15, -0.1) is 10.2 Å². The Labute approximate surface area is 223 Å². The number of methoxy groups -OCH3 is 1. The van der Waals surface area contributed by atoms with Gasteiger partial charge in [-0.05, 0) is 52.0 Å². The third-order valence-electron chi connectivity index (χ3n) is 6.73. The number of aryl methyl sites for hydroxylation is 4. The van der Waals surface area contributed by atoms with Gasteiger partial charge in [0.2, 0.25) is 5.89 Å². The molecule has 1 aromatic carbocycles. The lowest BCUT2D eigenvalue weighted by Crippen LogP contribution is -2.12. The molecule has 0 aliphatic carbocycles. The molecule has 39 heavy (non-hydrogen) atoms. The number of aromatic nitrogens is 7. The molecule has 6 rings (SSSR count). The first-order chi connectivity index (χ1) is 18.8. The van der Waals surface area contributed by atoms with Crippen molar-refractivity contribution in [1.82, 2.24) is 34.9 Å². The minimum Gasteiger partial charge on any atom is -0.496 e. The van der Waals surface area contributed by atoms with Crippen molar-refractivity contribution in [3.05, 3.63) is 71.2 Å². The molecular weight excluding hydrogens is 498 g/mol. The van der Waals surface area contributed by atoms with E-state index >= 15 is 0 Å². The lowest BCUT2D eigenvalue weighted by Gasteiger charge is -2.18. The van der Waals surface area contributed by atoms with E-state index in [9.17, 15) is 0 Å². The van der Waals surface area contributed by atoms with Gasteiger partial charge in [-0.2, -0.15) is 4.98 Å². The van der Waals surface area contributed by atoms with Crippen LogP contribution < -0.4 is 9.47 Å². The summed E-state index contributed by atoms with van der Waals surface area (Å²) in [6.45, 7) is 9.64. The van der Waals surface area contributed by atoms with Gasteiger partial charge in [0, 0.05) is 23.6 Å². The molecule has 6 aromatic rings. The predicted molar refractivity (Wildman–Crippen MR) is 143 cm³/mol. The largest absolute Gasteiger partial charge is 0.496 e. The van der Waals surface area contributed by atoms with Crippen LogP contribution in [0.3, 0.4) is 0 Å². The summed E-state index contributed by atoms with van der Waals surface area (Å²) in [7, 11) is 1.65. The summed E-state index contributed by atoms with van der Waals surface area (Å²) in [5, 5.41) is 12.9. The molecule has 0 amide bonds. The molecule has 0 radical (unpaired) electrons. The topological polar surface area (TPSA) is 127 Å². The van der Waals surface area contributed by atoms with E-state index in [4.69, 9.17) is 33.4 Å². The number of pyridine rings is 2. The van der Waals surface area contributed by atoms with E-state index in [0.29, 0.717) is 34.8 Å². The zero-order valence-corrected chi connectivity index (χ0v) is 22.5. The number of ether oxygens (including phenoxy) is 2. The van der Waals surface area contributed by atoms with Crippen LogP contribution in [0.2, 0.25) is 0 Å². The zero-order chi connectivity index (χ0) is 27.3. The minimum atomic E-state index is -0.215. The zero-order valence-electron chi connectivity index (χ0n) is 22.5. The minimum absolute atomic E-state index is 0.0724. The first-order valence-electron chi connectivity index (χ1n) is 12.5. The number of hydrogen-bond acceptors (Lipinski definition) is 10. The summed E-state index contributed by atoms with van der Waals surface area (Å²) < 4.78 is 25.0. The second-order valence-corrected chi connectivity index (χ2v) is 9.41. The van der Waals surface area contributed by atoms with Gasteiger partial charge < -0.3 is 18.4 Å². The summed E-state index contributed by atoms with van der Waals surface area (Å²) in [5.41, 5.74) is 6.60. The second kappa shape index (κ2) is 9.50. The number of benzene rings is 1. The fraction of sp³-hybridized carbons (Fsp3) is 0.286. The molecule has 5 aromatic heterocycles. The summed E-state index contributed by atoms with van der Waals surface area (Å²) in [5.74, 6) is 2.21. The van der Waals surface area contributed by atoms with Gasteiger partial charge in [-0.1, -0.05) is 11.2 Å². The van der Waals surface area contributed by atoms with Crippen molar-refractivity contribution in [3.63, 3.8) is 0 Å². The lowest BCUT2D eigenvalue weighted by atomic mass is 10.0. The molecule has 0 bridgehead atoms. The monoisotopic (exact) mass is 525 g/mol. The third kappa shape index (κ3) is 4.25. The van der Waals surface area contributed by atoms with Gasteiger partial charge in [-0.25, -0.2) is 0 Å². The number of fused-ring (bicyclic) bond motifs is 3. The van der Waals surface area contributed by atoms with E-state index < -0.39 is 0 Å². The third-order valence-corrected chi connectivity index (χ3v) is 6.73. The fourth-order valence-electron chi connectivity index (χ4n) is 4.93. The first kappa shape index (κ1) is 24.5. The van der Waals surface area contributed by atoms with Crippen LogP contribution in [0.5, 0.6) is 11.8 Å². The second-order valence-electron chi connectivity index (χ2n) is 9.41. The average Bonchev–Trinajstić information content (AvgIpc) is 3.62. The highest BCUT2D eigenvalue weighted by Gasteiger charge is 2.24. The molecule has 11 heteroatoms. The first-order valence-corrected chi connectivity index (χ1v) is 12.5. The Hall–Kier alpha value is -4.80. The molecule has 198 valence electrons. The lowest BCUT2D eigenvalue weighted by molar-refractivity contribution is 0.230. The van der Waals surface area contributed by atoms with E-state index in [-0.39, 0.29) is 12.6 Å². The molecule has 0 saturated heterocycles. The highest BCUT2D eigenvalue weighted by atomic mass is 16.5. The van der Waals surface area contributed by atoms with Crippen molar-refractivity contribution in [3.8, 4) is 22.9 Å². The Morgan fingerprint density at radius 2 is 1.87 bits per heavy atom. The highest BCUT2D eigenvalue weighted by molar-refractivity contribution is 6.05. The van der Waals surface area contributed by atoms with Crippen LogP contribution in [-0.4, -0.2) is 42.0 Å². The Kier molecular flexibility index (Phi) is 5.97. The van der Waals surface area contributed by atoms with Gasteiger partial charge in [0.05, 0.1) is 47.3 Å². The van der Waals surface area contributed by atoms with Gasteiger partial charge in [0.25, 0.3) is 11.9 Å². The quantitative estimate of drug-likeness (QED) is 0.265. The molecular formula is C28H27N7O4. The normalized spacial score (nSPS) is 12.4. The molecule has 0 aliphatic heterocycles. The van der Waals surface area contributed by atoms with Crippen molar-refractivity contribution in [1.29, 1.82) is 0 Å². The maximum absolute atomic E-state index is 6.16. The molecule has 0 spiro atoms. The molecule has 1 atom stereocenters. The van der Waals surface area contributed by atoms with Crippen molar-refractivity contribution in [2.45, 2.75) is 47.3 Å². The molecule has 0 saturated carbocycles. The maximum Gasteiger partial charge on any atom is 0.298 e. The predicted octanol–water partition coefficient (Wildman–Crippen LogP) is 5.45. The van der Waals surface area contributed by atoms with Crippen molar-refractivity contribution in [2.24, 2.45) is 0 Å². The van der Waals surface area contributed by atoms with Crippen LogP contribution in [0.25, 0.3) is 33.1 Å². The molecule has 0 aliphatic rings. The molecule has 11 nitrogen and oxygen atoms in total. The van der Waals surface area contributed by atoms with Crippen LogP contribution in [0.15, 0.2) is 45.5 Å². The van der Waals surface area contributed by atoms with Crippen LogP contribution >= 0.6 is 0 Å². The smallest absolute Gasteiger partial charge is 0.298 e. The SMILES string of the molecule is COc1cc2c(cc1-c1c(C)noc1C)ncc1nc(OCc3nnc(C)o3)n([C@H](C)c3cccc(C)n3)c12. The summed E-state index contributed by atoms with van der Waals surface area (Å²) >= 11 is 0. The number of rotatable bonds is 7. The maximum atomic E-state index is 6.16. The van der Waals surface area contributed by atoms with E-state index in [1.165, 1.54) is 0 Å². The Balaban J connectivity index is 1.58. The van der Waals surface area contributed by atoms with Gasteiger partial charge in [0.15, 0.2) is 6.61 Å². The van der Waals surface area contributed by atoms with Crippen LogP contribution in [-0.2, 0) is 6.61 Å². The summed E-state index contributed by atoms with van der Waals surface area (Å²) in [6.07, 6.45) is 1.75. The number of hydrogen-bond donors (Lipinski definition) is 0. The molecule has 5 heterocycles. The van der Waals surface area contributed by atoms with Crippen molar-refractivity contribution < 1.29 is 18.4 Å². The standard InChI is InChI=1S/C28H27N7O4/c1-14-8-7-9-21(30-14)16(3)35-27-19-11-24(36-6)20(26-15(2)34-39-17(26)4)10-22(19)29-12-23(27)31-28(35)37-13-25-33-32-18(5)38-25/h7-12,16H,13H2,1-6H3/t16-/m1/s1. The fourth-order valence-corrected chi connectivity index (χ4v) is 4.93. The number of imidazole rings is 1. The van der Waals surface area contributed by atoms with E-state index in [0.717, 1.165) is 44.6 Å².